The van der Waals surface area contributed by atoms with Crippen LogP contribution in [0.15, 0.2) is 51.7 Å². The quantitative estimate of drug-likeness (QED) is 0.491. The molecule has 0 saturated heterocycles. The van der Waals surface area contributed by atoms with Crippen LogP contribution in [0.2, 0.25) is 0 Å². The third-order valence-corrected chi connectivity index (χ3v) is 4.75. The molecule has 1 heterocycles. The molecule has 0 fully saturated rings. The Morgan fingerprint density at radius 3 is 2.54 bits per heavy atom. The molecule has 0 aliphatic carbocycles. The predicted molar refractivity (Wildman–Crippen MR) is 102 cm³/mol. The van der Waals surface area contributed by atoms with Crippen LogP contribution in [0.3, 0.4) is 0 Å². The number of hydrogen-bond acceptors (Lipinski definition) is 6. The Morgan fingerprint density at radius 1 is 1.14 bits per heavy atom. The fraction of sp³-hybridized carbons (Fsp3) is 0.286. The Kier molecular flexibility index (Phi) is 5.63. The van der Waals surface area contributed by atoms with Crippen molar-refractivity contribution in [2.45, 2.75) is 26.3 Å². The number of rotatable bonds is 7. The maximum atomic E-state index is 12.1. The standard InChI is InChI=1S/C21H21NO6/c1-3-12(2)19(20(24)25)22-18(23)11-27-13-8-9-15-14-6-4-5-7-16(14)21(26)28-17(15)10-13/h4-10,12,19H,3,11H2,1-2H3,(H,22,23)(H,24,25)/p-1/t12-,19+/m1/s1. The Labute approximate surface area is 160 Å². The minimum atomic E-state index is -1.33. The van der Waals surface area contributed by atoms with Gasteiger partial charge >= 0.3 is 5.63 Å². The van der Waals surface area contributed by atoms with Gasteiger partial charge in [-0.25, -0.2) is 4.79 Å². The van der Waals surface area contributed by atoms with Crippen LogP contribution in [0.25, 0.3) is 21.7 Å². The number of ether oxygens (including phenoxy) is 1. The summed E-state index contributed by atoms with van der Waals surface area (Å²) < 4.78 is 10.8. The zero-order chi connectivity index (χ0) is 20.3. The molecule has 3 aromatic rings. The summed E-state index contributed by atoms with van der Waals surface area (Å²) in [6.45, 7) is 3.18. The van der Waals surface area contributed by atoms with Crippen LogP contribution in [-0.4, -0.2) is 24.5 Å². The molecule has 146 valence electrons. The highest BCUT2D eigenvalue weighted by molar-refractivity contribution is 6.04. The van der Waals surface area contributed by atoms with Crippen molar-refractivity contribution in [2.24, 2.45) is 5.92 Å². The Balaban J connectivity index is 1.76. The zero-order valence-electron chi connectivity index (χ0n) is 15.6. The highest BCUT2D eigenvalue weighted by atomic mass is 16.5. The van der Waals surface area contributed by atoms with Gasteiger partial charge in [0.2, 0.25) is 0 Å². The molecular weight excluding hydrogens is 362 g/mol. The molecule has 0 aliphatic rings. The fourth-order valence-electron chi connectivity index (χ4n) is 2.98. The molecule has 2 atom stereocenters. The molecule has 0 bridgehead atoms. The van der Waals surface area contributed by atoms with Crippen LogP contribution in [0.4, 0.5) is 0 Å². The summed E-state index contributed by atoms with van der Waals surface area (Å²) in [5.74, 6) is -1.84. The van der Waals surface area contributed by atoms with Crippen LogP contribution in [0.5, 0.6) is 5.75 Å². The second kappa shape index (κ2) is 8.12. The van der Waals surface area contributed by atoms with E-state index in [4.69, 9.17) is 9.15 Å². The number of hydrogen-bond donors (Lipinski definition) is 1. The van der Waals surface area contributed by atoms with Crippen LogP contribution in [0.1, 0.15) is 20.3 Å². The van der Waals surface area contributed by atoms with Gasteiger partial charge in [0.1, 0.15) is 11.3 Å². The van der Waals surface area contributed by atoms with Gasteiger partial charge in [-0.15, -0.1) is 0 Å². The summed E-state index contributed by atoms with van der Waals surface area (Å²) >= 11 is 0. The number of fused-ring (bicyclic) bond motifs is 3. The number of benzene rings is 2. The first-order chi connectivity index (χ1) is 13.4. The molecule has 7 nitrogen and oxygen atoms in total. The van der Waals surface area contributed by atoms with Crippen molar-refractivity contribution in [3.05, 3.63) is 52.9 Å². The van der Waals surface area contributed by atoms with Gasteiger partial charge in [-0.2, -0.15) is 0 Å². The van der Waals surface area contributed by atoms with E-state index in [1.807, 2.05) is 19.1 Å². The summed E-state index contributed by atoms with van der Waals surface area (Å²) in [5, 5.41) is 15.6. The Bertz CT molecular complexity index is 1090. The van der Waals surface area contributed by atoms with Crippen molar-refractivity contribution < 1.29 is 23.8 Å². The van der Waals surface area contributed by atoms with E-state index >= 15 is 0 Å². The molecule has 1 aromatic heterocycles. The summed E-state index contributed by atoms with van der Waals surface area (Å²) in [5.41, 5.74) is -0.114. The summed E-state index contributed by atoms with van der Waals surface area (Å²) in [4.78, 5) is 35.3. The number of carbonyl (C=O) groups is 2. The summed E-state index contributed by atoms with van der Waals surface area (Å²) in [6, 6.07) is 11.0. The number of aliphatic carboxylic acids is 1. The van der Waals surface area contributed by atoms with Crippen LogP contribution >= 0.6 is 0 Å². The van der Waals surface area contributed by atoms with Crippen molar-refractivity contribution in [3.8, 4) is 5.75 Å². The van der Waals surface area contributed by atoms with Crippen molar-refractivity contribution >= 4 is 33.6 Å². The van der Waals surface area contributed by atoms with Gasteiger partial charge in [0.15, 0.2) is 6.61 Å². The number of carboxylic acids is 1. The largest absolute Gasteiger partial charge is 0.548 e. The number of carboxylic acid groups (broad SMARTS) is 1. The summed E-state index contributed by atoms with van der Waals surface area (Å²) in [6.07, 6.45) is 0.581. The Hall–Kier alpha value is -3.35. The van der Waals surface area contributed by atoms with Crippen molar-refractivity contribution in [1.29, 1.82) is 0 Å². The highest BCUT2D eigenvalue weighted by Gasteiger charge is 2.19. The first kappa shape index (κ1) is 19.4. The van der Waals surface area contributed by atoms with Gasteiger partial charge in [0, 0.05) is 11.5 Å². The fourth-order valence-corrected chi connectivity index (χ4v) is 2.98. The third-order valence-electron chi connectivity index (χ3n) is 4.75. The van der Waals surface area contributed by atoms with Crippen LogP contribution in [0, 0.1) is 5.92 Å². The molecule has 0 spiro atoms. The minimum absolute atomic E-state index is 0.267. The summed E-state index contributed by atoms with van der Waals surface area (Å²) in [7, 11) is 0. The maximum Gasteiger partial charge on any atom is 0.344 e. The van der Waals surface area contributed by atoms with E-state index in [1.165, 1.54) is 6.07 Å². The molecule has 2 aromatic carbocycles. The van der Waals surface area contributed by atoms with E-state index in [9.17, 15) is 19.5 Å². The van der Waals surface area contributed by atoms with Crippen LogP contribution < -0.4 is 20.8 Å². The molecular formula is C21H20NO6-. The Morgan fingerprint density at radius 2 is 1.86 bits per heavy atom. The van der Waals surface area contributed by atoms with Gasteiger partial charge < -0.3 is 24.4 Å². The average Bonchev–Trinajstić information content (AvgIpc) is 2.69. The molecule has 28 heavy (non-hydrogen) atoms. The van der Waals surface area contributed by atoms with Gasteiger partial charge in [0.25, 0.3) is 5.91 Å². The van der Waals surface area contributed by atoms with Crippen molar-refractivity contribution in [2.75, 3.05) is 6.61 Å². The first-order valence-corrected chi connectivity index (χ1v) is 8.99. The molecule has 1 amide bonds. The number of carbonyl (C=O) groups excluding carboxylic acids is 2. The van der Waals surface area contributed by atoms with E-state index < -0.39 is 23.5 Å². The normalized spacial score (nSPS) is 13.2. The van der Waals surface area contributed by atoms with E-state index in [1.54, 1.807) is 31.2 Å². The lowest BCUT2D eigenvalue weighted by Gasteiger charge is -2.25. The van der Waals surface area contributed by atoms with E-state index in [0.717, 1.165) is 10.8 Å². The maximum absolute atomic E-state index is 12.1. The highest BCUT2D eigenvalue weighted by Crippen LogP contribution is 2.26. The second-order valence-electron chi connectivity index (χ2n) is 6.63. The topological polar surface area (TPSA) is 109 Å². The van der Waals surface area contributed by atoms with Crippen molar-refractivity contribution in [3.63, 3.8) is 0 Å². The average molecular weight is 382 g/mol. The monoisotopic (exact) mass is 382 g/mol. The molecule has 3 rings (SSSR count). The molecule has 0 unspecified atom stereocenters. The predicted octanol–water partition coefficient (Wildman–Crippen LogP) is 1.61. The van der Waals surface area contributed by atoms with Gasteiger partial charge in [-0.3, -0.25) is 4.79 Å². The number of amides is 1. The molecule has 7 heteroatoms. The lowest BCUT2D eigenvalue weighted by atomic mass is 9.99. The van der Waals surface area contributed by atoms with Gasteiger partial charge in [0.05, 0.1) is 17.4 Å². The molecule has 0 aliphatic heterocycles. The van der Waals surface area contributed by atoms with E-state index in [0.29, 0.717) is 23.1 Å². The number of nitrogens with one attached hydrogen (secondary N) is 1. The molecule has 0 saturated carbocycles. The lowest BCUT2D eigenvalue weighted by Crippen LogP contribution is -2.52. The third kappa shape index (κ3) is 3.98. The second-order valence-corrected chi connectivity index (χ2v) is 6.63. The zero-order valence-corrected chi connectivity index (χ0v) is 15.6. The van der Waals surface area contributed by atoms with Crippen LogP contribution in [-0.2, 0) is 9.59 Å². The van der Waals surface area contributed by atoms with Gasteiger partial charge in [-0.05, 0) is 29.5 Å². The SMILES string of the molecule is CC[C@@H](C)[C@H](NC(=O)COc1ccc2c(c1)oc(=O)c1ccccc12)C(=O)[O-]. The van der Waals surface area contributed by atoms with E-state index in [2.05, 4.69) is 5.32 Å². The lowest BCUT2D eigenvalue weighted by molar-refractivity contribution is -0.309. The van der Waals surface area contributed by atoms with Gasteiger partial charge in [-0.1, -0.05) is 38.5 Å². The van der Waals surface area contributed by atoms with Crippen molar-refractivity contribution in [1.82, 2.24) is 5.32 Å². The molecule has 0 radical (unpaired) electrons. The molecule has 1 N–H and O–H groups in total. The minimum Gasteiger partial charge on any atom is -0.548 e. The van der Waals surface area contributed by atoms with E-state index in [-0.39, 0.29) is 12.5 Å². The first-order valence-electron chi connectivity index (χ1n) is 8.99. The smallest absolute Gasteiger partial charge is 0.344 e.